The van der Waals surface area contributed by atoms with Crippen molar-refractivity contribution in [1.82, 2.24) is 20.4 Å². The molecule has 134 valence electrons. The molecule has 1 fully saturated rings. The zero-order valence-electron chi connectivity index (χ0n) is 14.9. The average Bonchev–Trinajstić information content (AvgIpc) is 3.10. The maximum atomic E-state index is 5.80. The summed E-state index contributed by atoms with van der Waals surface area (Å²) in [6, 6.07) is 5.90. The van der Waals surface area contributed by atoms with Gasteiger partial charge in [0.25, 0.3) is 5.89 Å². The maximum absolute atomic E-state index is 5.80. The second kappa shape index (κ2) is 8.13. The average molecular weight is 344 g/mol. The van der Waals surface area contributed by atoms with Crippen LogP contribution in [0.1, 0.15) is 30.2 Å². The summed E-state index contributed by atoms with van der Waals surface area (Å²) in [5, 5.41) is 7.44. The number of aromatic nitrogens is 2. The summed E-state index contributed by atoms with van der Waals surface area (Å²) in [5.41, 5.74) is 1.06. The third-order valence-electron chi connectivity index (χ3n) is 4.19. The molecule has 1 unspecified atom stereocenters. The van der Waals surface area contributed by atoms with Crippen molar-refractivity contribution in [3.63, 3.8) is 0 Å². The Bertz CT molecular complexity index is 729. The van der Waals surface area contributed by atoms with Gasteiger partial charge in [-0.2, -0.15) is 4.98 Å². The van der Waals surface area contributed by atoms with E-state index in [1.54, 1.807) is 7.11 Å². The van der Waals surface area contributed by atoms with Crippen molar-refractivity contribution >= 4 is 6.08 Å². The van der Waals surface area contributed by atoms with E-state index >= 15 is 0 Å². The van der Waals surface area contributed by atoms with Crippen LogP contribution in [0.25, 0.3) is 6.08 Å². The predicted octanol–water partition coefficient (Wildman–Crippen LogP) is 2.27. The van der Waals surface area contributed by atoms with Crippen molar-refractivity contribution in [2.24, 2.45) is 0 Å². The lowest BCUT2D eigenvalue weighted by Crippen LogP contribution is -2.44. The van der Waals surface area contributed by atoms with Crippen molar-refractivity contribution in [1.29, 1.82) is 0 Å². The van der Waals surface area contributed by atoms with Gasteiger partial charge in [0, 0.05) is 19.6 Å². The fourth-order valence-corrected chi connectivity index (χ4v) is 2.80. The molecule has 7 heteroatoms. The summed E-state index contributed by atoms with van der Waals surface area (Å²) in [5.74, 6) is 2.45. The van der Waals surface area contributed by atoms with Crippen LogP contribution in [-0.4, -0.2) is 48.8 Å². The van der Waals surface area contributed by atoms with Crippen molar-refractivity contribution in [2.45, 2.75) is 19.6 Å². The fourth-order valence-electron chi connectivity index (χ4n) is 2.80. The zero-order chi connectivity index (χ0) is 17.6. The lowest BCUT2D eigenvalue weighted by Gasteiger charge is -2.30. The largest absolute Gasteiger partial charge is 0.493 e. The number of rotatable bonds is 6. The molecule has 0 spiro atoms. The predicted molar refractivity (Wildman–Crippen MR) is 94.6 cm³/mol. The van der Waals surface area contributed by atoms with Gasteiger partial charge in [0.2, 0.25) is 0 Å². The van der Waals surface area contributed by atoms with Crippen LogP contribution < -0.4 is 14.8 Å². The van der Waals surface area contributed by atoms with Crippen LogP contribution in [-0.2, 0) is 6.61 Å². The van der Waals surface area contributed by atoms with Gasteiger partial charge in [-0.3, -0.25) is 4.90 Å². The minimum atomic E-state index is 0.126. The highest BCUT2D eigenvalue weighted by atomic mass is 16.5. The molecule has 0 radical (unpaired) electrons. The molecule has 1 atom stereocenters. The highest BCUT2D eigenvalue weighted by Crippen LogP contribution is 2.29. The van der Waals surface area contributed by atoms with Crippen LogP contribution in [0.3, 0.4) is 0 Å². The monoisotopic (exact) mass is 344 g/mol. The number of piperazine rings is 1. The summed E-state index contributed by atoms with van der Waals surface area (Å²) in [6.45, 7) is 4.93. The number of methoxy groups -OCH3 is 1. The summed E-state index contributed by atoms with van der Waals surface area (Å²) in [7, 11) is 3.69. The second-order valence-electron chi connectivity index (χ2n) is 5.95. The van der Waals surface area contributed by atoms with E-state index in [2.05, 4.69) is 27.4 Å². The molecule has 2 heterocycles. The van der Waals surface area contributed by atoms with E-state index in [0.29, 0.717) is 23.2 Å². The molecule has 0 saturated carbocycles. The lowest BCUT2D eigenvalue weighted by atomic mass is 10.2. The zero-order valence-corrected chi connectivity index (χ0v) is 14.9. The van der Waals surface area contributed by atoms with Crippen LogP contribution in [0.15, 0.2) is 28.8 Å². The Balaban J connectivity index is 1.66. The molecule has 1 saturated heterocycles. The van der Waals surface area contributed by atoms with Crippen molar-refractivity contribution in [3.05, 3.63) is 41.6 Å². The Morgan fingerprint density at radius 1 is 1.40 bits per heavy atom. The molecular weight excluding hydrogens is 320 g/mol. The Kier molecular flexibility index (Phi) is 5.67. The highest BCUT2D eigenvalue weighted by molar-refractivity contribution is 5.55. The normalized spacial score (nSPS) is 18.6. The number of nitrogens with zero attached hydrogens (tertiary/aromatic N) is 3. The van der Waals surface area contributed by atoms with Crippen LogP contribution >= 0.6 is 0 Å². The molecule has 1 aromatic heterocycles. The molecule has 1 aliphatic rings. The van der Waals surface area contributed by atoms with Gasteiger partial charge in [0.15, 0.2) is 23.9 Å². The standard InChI is InChI=1S/C18H24N4O3/c1-4-5-13-6-7-15(16(10-13)23-3)24-12-17-20-18(21-25-17)14-11-19-8-9-22(14)2/h4-7,10,14,19H,8-9,11-12H2,1-3H3/b5-4+. The number of ether oxygens (including phenoxy) is 2. The van der Waals surface area contributed by atoms with Crippen molar-refractivity contribution < 1.29 is 14.0 Å². The SMILES string of the molecule is C/C=C/c1ccc(OCc2nc(C3CNCCN3C)no2)c(OC)c1. The van der Waals surface area contributed by atoms with Gasteiger partial charge in [-0.15, -0.1) is 0 Å². The van der Waals surface area contributed by atoms with Crippen LogP contribution in [0.2, 0.25) is 0 Å². The van der Waals surface area contributed by atoms with Crippen LogP contribution in [0.5, 0.6) is 11.5 Å². The van der Waals surface area contributed by atoms with E-state index in [1.807, 2.05) is 37.3 Å². The van der Waals surface area contributed by atoms with E-state index < -0.39 is 0 Å². The Labute approximate surface area is 147 Å². The molecular formula is C18H24N4O3. The van der Waals surface area contributed by atoms with Crippen LogP contribution in [0, 0.1) is 0 Å². The molecule has 1 aromatic carbocycles. The van der Waals surface area contributed by atoms with E-state index in [1.165, 1.54) is 0 Å². The number of benzene rings is 1. The first kappa shape index (κ1) is 17.4. The molecule has 7 nitrogen and oxygen atoms in total. The highest BCUT2D eigenvalue weighted by Gasteiger charge is 2.25. The molecule has 25 heavy (non-hydrogen) atoms. The van der Waals surface area contributed by atoms with Gasteiger partial charge in [0.1, 0.15) is 0 Å². The Hall–Kier alpha value is -2.38. The van der Waals surface area contributed by atoms with Crippen molar-refractivity contribution in [3.8, 4) is 11.5 Å². The first-order chi connectivity index (χ1) is 12.2. The summed E-state index contributed by atoms with van der Waals surface area (Å²) in [6.07, 6.45) is 3.98. The first-order valence-corrected chi connectivity index (χ1v) is 8.38. The van der Waals surface area contributed by atoms with E-state index in [0.717, 1.165) is 25.2 Å². The number of nitrogens with one attached hydrogen (secondary N) is 1. The molecule has 1 aliphatic heterocycles. The second-order valence-corrected chi connectivity index (χ2v) is 5.95. The van der Waals surface area contributed by atoms with Gasteiger partial charge >= 0.3 is 0 Å². The number of hydrogen-bond donors (Lipinski definition) is 1. The topological polar surface area (TPSA) is 72.7 Å². The fraction of sp³-hybridized carbons (Fsp3) is 0.444. The van der Waals surface area contributed by atoms with Gasteiger partial charge in [-0.25, -0.2) is 0 Å². The van der Waals surface area contributed by atoms with Gasteiger partial charge in [0.05, 0.1) is 13.2 Å². The Morgan fingerprint density at radius 3 is 3.04 bits per heavy atom. The van der Waals surface area contributed by atoms with Crippen molar-refractivity contribution in [2.75, 3.05) is 33.8 Å². The third kappa shape index (κ3) is 4.18. The van der Waals surface area contributed by atoms with Gasteiger partial charge < -0.3 is 19.3 Å². The molecule has 1 N–H and O–H groups in total. The minimum Gasteiger partial charge on any atom is -0.493 e. The summed E-state index contributed by atoms with van der Waals surface area (Å²) in [4.78, 5) is 6.68. The number of likely N-dealkylation sites (N-methyl/N-ethyl adjacent to an activating group) is 1. The van der Waals surface area contributed by atoms with Crippen LogP contribution in [0.4, 0.5) is 0 Å². The minimum absolute atomic E-state index is 0.126. The summed E-state index contributed by atoms with van der Waals surface area (Å²) >= 11 is 0. The quantitative estimate of drug-likeness (QED) is 0.862. The van der Waals surface area contributed by atoms with Gasteiger partial charge in [-0.05, 0) is 31.7 Å². The van der Waals surface area contributed by atoms with E-state index in [4.69, 9.17) is 14.0 Å². The number of allylic oxidation sites excluding steroid dienone is 1. The maximum Gasteiger partial charge on any atom is 0.264 e. The molecule has 0 bridgehead atoms. The Morgan fingerprint density at radius 2 is 2.28 bits per heavy atom. The first-order valence-electron chi connectivity index (χ1n) is 8.38. The van der Waals surface area contributed by atoms with E-state index in [-0.39, 0.29) is 12.6 Å². The van der Waals surface area contributed by atoms with E-state index in [9.17, 15) is 0 Å². The summed E-state index contributed by atoms with van der Waals surface area (Å²) < 4.78 is 16.5. The smallest absolute Gasteiger partial charge is 0.264 e. The molecule has 0 aliphatic carbocycles. The molecule has 3 rings (SSSR count). The number of hydrogen-bond acceptors (Lipinski definition) is 7. The molecule has 2 aromatic rings. The lowest BCUT2D eigenvalue weighted by molar-refractivity contribution is 0.189. The van der Waals surface area contributed by atoms with Gasteiger partial charge in [-0.1, -0.05) is 23.4 Å². The molecule has 0 amide bonds. The third-order valence-corrected chi connectivity index (χ3v) is 4.19.